The minimum Gasteiger partial charge on any atom is -0.436 e. The van der Waals surface area contributed by atoms with Gasteiger partial charge in [-0.25, -0.2) is 0 Å². The van der Waals surface area contributed by atoms with E-state index in [0.29, 0.717) is 0 Å². The van der Waals surface area contributed by atoms with E-state index in [-0.39, 0.29) is 21.1 Å². The van der Waals surface area contributed by atoms with E-state index < -0.39 is 0 Å². The molecule has 0 aliphatic rings. The van der Waals surface area contributed by atoms with Crippen molar-refractivity contribution < 1.29 is 21.1 Å². The molecule has 0 unspecified atom stereocenters. The van der Waals surface area contributed by atoms with Crippen LogP contribution in [0, 0.1) is 0 Å². The normalized spacial score (nSPS) is 6.81. The molecule has 1 rings (SSSR count). The number of hydrogen-bond donors (Lipinski definition) is 2. The Bertz CT molecular complexity index is 241. The summed E-state index contributed by atoms with van der Waals surface area (Å²) < 4.78 is 2.33. The van der Waals surface area contributed by atoms with Crippen LogP contribution >= 0.6 is 24.4 Å². The molecule has 1 aromatic rings. The number of nitrogens with one attached hydrogen (secondary N) is 1. The summed E-state index contributed by atoms with van der Waals surface area (Å²) in [5.41, 5.74) is 3.79. The van der Waals surface area contributed by atoms with E-state index in [1.54, 1.807) is 0 Å². The number of hydrogen-bond acceptors (Lipinski definition) is 6. The Labute approximate surface area is 133 Å². The number of thiocarbonyl (C=S) groups is 2. The third-order valence-corrected chi connectivity index (χ3v) is 1.15. The van der Waals surface area contributed by atoms with Crippen molar-refractivity contribution >= 4 is 59.1 Å². The largest absolute Gasteiger partial charge is 2.00 e. The van der Waals surface area contributed by atoms with Crippen molar-refractivity contribution in [3.8, 4) is 0 Å². The Morgan fingerprint density at radius 3 is 1.81 bits per heavy atom. The zero-order valence-corrected chi connectivity index (χ0v) is 13.8. The molecule has 1 aromatic carbocycles. The molecule has 0 aliphatic carbocycles. The first-order valence-corrected chi connectivity index (χ1v) is 5.73. The average Bonchev–Trinajstić information content (AvgIpc) is 2.22. The van der Waals surface area contributed by atoms with Crippen LogP contribution in [0.3, 0.4) is 0 Å². The van der Waals surface area contributed by atoms with Crippen LogP contribution in [-0.4, -0.2) is 9.40 Å². The van der Waals surface area contributed by atoms with Crippen molar-refractivity contribution in [3.05, 3.63) is 35.9 Å². The topological polar surface area (TPSA) is 38.0 Å². The van der Waals surface area contributed by atoms with E-state index in [1.807, 2.05) is 30.3 Å². The second-order valence-electron chi connectivity index (χ2n) is 2.06. The van der Waals surface area contributed by atoms with Gasteiger partial charge in [0.1, 0.15) is 0 Å². The van der Waals surface area contributed by atoms with Crippen LogP contribution in [0.1, 0.15) is 5.56 Å². The van der Waals surface area contributed by atoms with Crippen molar-refractivity contribution in [2.24, 2.45) is 5.84 Å². The van der Waals surface area contributed by atoms with Gasteiger partial charge in [0.2, 0.25) is 0 Å². The van der Waals surface area contributed by atoms with Crippen molar-refractivity contribution in [2.75, 3.05) is 0 Å². The van der Waals surface area contributed by atoms with Crippen LogP contribution in [0.25, 0.3) is 0 Å². The van der Waals surface area contributed by atoms with Gasteiger partial charge in [-0.2, -0.15) is 9.40 Å². The van der Waals surface area contributed by atoms with Gasteiger partial charge in [-0.1, -0.05) is 30.3 Å². The first kappa shape index (κ1) is 21.7. The molecule has 0 aromatic heterocycles. The van der Waals surface area contributed by atoms with Gasteiger partial charge in [-0.15, -0.1) is 0 Å². The zero-order valence-electron chi connectivity index (χ0n) is 8.28. The minimum absolute atomic E-state index is 0. The number of benzene rings is 1. The molecule has 0 atom stereocenters. The first-order chi connectivity index (χ1) is 7.26. The van der Waals surface area contributed by atoms with Crippen LogP contribution in [0.15, 0.2) is 30.3 Å². The fourth-order valence-corrected chi connectivity index (χ4v) is 0.714. The maximum atomic E-state index is 5.11. The van der Waals surface area contributed by atoms with Gasteiger partial charge >= 0.3 is 21.1 Å². The van der Waals surface area contributed by atoms with Crippen LogP contribution in [-0.2, 0) is 52.9 Å². The van der Waals surface area contributed by atoms with Gasteiger partial charge in [-0.3, -0.25) is 11.3 Å². The van der Waals surface area contributed by atoms with E-state index in [0.717, 1.165) is 6.54 Å². The molecule has 7 heteroatoms. The fraction of sp³-hybridized carbons (Fsp3) is 0.111. The molecule has 0 saturated carbocycles. The molecule has 0 amide bonds. The summed E-state index contributed by atoms with van der Waals surface area (Å²) in [4.78, 5) is 0. The molecule has 0 radical (unpaired) electrons. The zero-order chi connectivity index (χ0) is 11.9. The summed E-state index contributed by atoms with van der Waals surface area (Å²) in [7, 11) is 0. The maximum absolute atomic E-state index is 5.11. The third kappa shape index (κ3) is 19.9. The molecule has 0 heterocycles. The molecule has 3 N–H and O–H groups in total. The second kappa shape index (κ2) is 20.8. The molecule has 0 saturated heterocycles. The van der Waals surface area contributed by atoms with Gasteiger partial charge in [0, 0.05) is 6.54 Å². The van der Waals surface area contributed by atoms with Gasteiger partial charge in [0.05, 0.1) is 0 Å². The monoisotopic (exact) mass is 471 g/mol. The van der Waals surface area contributed by atoms with Crippen LogP contribution < -0.4 is 11.3 Å². The summed E-state index contributed by atoms with van der Waals surface area (Å²) in [5, 5.41) is 0. The standard InChI is InChI=1S/C7H10N2.2CH2S2.Pt/c8-9-6-7-4-2-1-3-5-7;2*2-1-3;/h1-5,9H,6,8H2;2*1H,(H,2,3);/q;;;+2/p-2. The van der Waals surface area contributed by atoms with Crippen molar-refractivity contribution in [2.45, 2.75) is 6.54 Å². The quantitative estimate of drug-likeness (QED) is 0.296. The summed E-state index contributed by atoms with van der Waals surface area (Å²) in [5.74, 6) is 5.11. The van der Waals surface area contributed by atoms with Gasteiger partial charge in [0.15, 0.2) is 0 Å². The summed E-state index contributed by atoms with van der Waals surface area (Å²) in [6.07, 6.45) is 0. The smallest absolute Gasteiger partial charge is 0.436 e. The molecule has 0 fully saturated rings. The van der Waals surface area contributed by atoms with Crippen molar-refractivity contribution in [1.82, 2.24) is 5.43 Å². The summed E-state index contributed by atoms with van der Waals surface area (Å²) in [6, 6.07) is 10.0. The first-order valence-electron chi connectivity index (χ1n) is 3.85. The Balaban J connectivity index is -0.000000207. The number of hydrazine groups is 1. The second-order valence-corrected chi connectivity index (χ2v) is 3.60. The predicted molar refractivity (Wildman–Crippen MR) is 79.5 cm³/mol. The molecule has 0 bridgehead atoms. The third-order valence-electron chi connectivity index (χ3n) is 1.15. The Morgan fingerprint density at radius 2 is 1.50 bits per heavy atom. The summed E-state index contributed by atoms with van der Waals surface area (Å²) in [6.45, 7) is 0.737. The van der Waals surface area contributed by atoms with Crippen molar-refractivity contribution in [1.29, 1.82) is 0 Å². The van der Waals surface area contributed by atoms with Crippen LogP contribution in [0.4, 0.5) is 0 Å². The maximum Gasteiger partial charge on any atom is 2.00 e. The molecular weight excluding hydrogens is 459 g/mol. The van der Waals surface area contributed by atoms with Gasteiger partial charge in [-0.05, 0) is 5.56 Å². The predicted octanol–water partition coefficient (Wildman–Crippen LogP) is 1.63. The summed E-state index contributed by atoms with van der Waals surface area (Å²) >= 11 is 16.3. The molecule has 2 nitrogen and oxygen atoms in total. The number of nitrogens with two attached hydrogens (primary N) is 1. The molecule has 0 spiro atoms. The SMILES string of the molecule is NNCc1ccccc1.S=C[S-].S=C[S-].[Pt+2]. The number of rotatable bonds is 2. The van der Waals surface area contributed by atoms with E-state index in [9.17, 15) is 0 Å². The van der Waals surface area contributed by atoms with E-state index in [1.165, 1.54) is 15.0 Å². The fourth-order valence-electron chi connectivity index (χ4n) is 0.714. The van der Waals surface area contributed by atoms with Gasteiger partial charge in [0.25, 0.3) is 0 Å². The minimum atomic E-state index is 0. The molecular formula is C9H12N2PtS4. The van der Waals surface area contributed by atoms with Crippen LogP contribution in [0.5, 0.6) is 0 Å². The van der Waals surface area contributed by atoms with Gasteiger partial charge < -0.3 is 49.7 Å². The Hall–Kier alpha value is 0.448. The van der Waals surface area contributed by atoms with E-state index in [4.69, 9.17) is 5.84 Å². The Kier molecular flexibility index (Phi) is 28.2. The van der Waals surface area contributed by atoms with E-state index in [2.05, 4.69) is 55.1 Å². The van der Waals surface area contributed by atoms with E-state index >= 15 is 0 Å². The van der Waals surface area contributed by atoms with Crippen LogP contribution in [0.2, 0.25) is 0 Å². The molecule has 92 valence electrons. The Morgan fingerprint density at radius 1 is 1.12 bits per heavy atom. The molecule has 16 heavy (non-hydrogen) atoms. The van der Waals surface area contributed by atoms with Crippen molar-refractivity contribution in [3.63, 3.8) is 0 Å². The average molecular weight is 472 g/mol. The molecule has 0 aliphatic heterocycles.